The van der Waals surface area contributed by atoms with Crippen molar-refractivity contribution in [2.24, 2.45) is 0 Å². The molecule has 0 saturated heterocycles. The minimum atomic E-state index is 0.170. The molecule has 0 radical (unpaired) electrons. The zero-order valence-electron chi connectivity index (χ0n) is 12.6. The molecule has 0 atom stereocenters. The molecule has 0 aliphatic heterocycles. The lowest BCUT2D eigenvalue weighted by molar-refractivity contribution is 0.0690. The second kappa shape index (κ2) is 6.16. The summed E-state index contributed by atoms with van der Waals surface area (Å²) in [6.45, 7) is 0. The average molecular weight is 302 g/mol. The van der Waals surface area contributed by atoms with Crippen LogP contribution in [0.25, 0.3) is 10.1 Å². The van der Waals surface area contributed by atoms with Crippen LogP contribution in [0.1, 0.15) is 35.4 Å². The summed E-state index contributed by atoms with van der Waals surface area (Å²) in [6.07, 6.45) is 4.51. The molecule has 21 heavy (non-hydrogen) atoms. The van der Waals surface area contributed by atoms with Gasteiger partial charge in [0, 0.05) is 23.8 Å². The van der Waals surface area contributed by atoms with Gasteiger partial charge in [0.2, 0.25) is 0 Å². The minimum Gasteiger partial charge on any atom is -0.338 e. The number of carbonyl (C=O) groups excluding carboxylic acids is 1. The number of fused-ring (bicyclic) bond motifs is 1. The Labute approximate surface area is 130 Å². The molecule has 1 aliphatic carbocycles. The van der Waals surface area contributed by atoms with Crippen molar-refractivity contribution in [2.45, 2.75) is 37.8 Å². The fourth-order valence-electron chi connectivity index (χ4n) is 3.18. The van der Waals surface area contributed by atoms with Crippen LogP contribution in [0.5, 0.6) is 0 Å². The Balaban J connectivity index is 1.72. The number of amides is 1. The molecule has 1 heterocycles. The smallest absolute Gasteiger partial charge is 0.263 e. The van der Waals surface area contributed by atoms with Crippen molar-refractivity contribution in [3.05, 3.63) is 35.2 Å². The molecule has 1 saturated carbocycles. The van der Waals surface area contributed by atoms with Gasteiger partial charge in [0.25, 0.3) is 5.91 Å². The SMILES string of the molecule is CNC1CCC(N(C)C(=O)c2cc3ccccc3s2)CC1. The first-order valence-electron chi connectivity index (χ1n) is 7.62. The number of hydrogen-bond acceptors (Lipinski definition) is 3. The van der Waals surface area contributed by atoms with Crippen LogP contribution in [0, 0.1) is 0 Å². The predicted molar refractivity (Wildman–Crippen MR) is 89.0 cm³/mol. The number of nitrogens with one attached hydrogen (secondary N) is 1. The van der Waals surface area contributed by atoms with Gasteiger partial charge < -0.3 is 10.2 Å². The summed E-state index contributed by atoms with van der Waals surface area (Å²) in [7, 11) is 3.98. The largest absolute Gasteiger partial charge is 0.338 e. The van der Waals surface area contributed by atoms with Gasteiger partial charge in [-0.15, -0.1) is 11.3 Å². The van der Waals surface area contributed by atoms with Crippen molar-refractivity contribution >= 4 is 27.3 Å². The lowest BCUT2D eigenvalue weighted by Gasteiger charge is -2.34. The molecular weight excluding hydrogens is 280 g/mol. The Bertz CT molecular complexity index is 596. The molecule has 4 heteroatoms. The number of thiophene rings is 1. The second-order valence-corrected chi connectivity index (χ2v) is 6.94. The Morgan fingerprint density at radius 3 is 2.62 bits per heavy atom. The molecule has 2 aromatic rings. The normalized spacial score (nSPS) is 22.4. The van der Waals surface area contributed by atoms with Gasteiger partial charge in [-0.1, -0.05) is 18.2 Å². The molecule has 3 rings (SSSR count). The predicted octanol–water partition coefficient (Wildman–Crippen LogP) is 3.50. The number of benzene rings is 1. The van der Waals surface area contributed by atoms with Crippen LogP contribution in [0.15, 0.2) is 30.3 Å². The first-order chi connectivity index (χ1) is 10.2. The average Bonchev–Trinajstić information content (AvgIpc) is 2.97. The standard InChI is InChI=1S/C17H22N2OS/c1-18-13-7-9-14(10-8-13)19(2)17(20)16-11-12-5-3-4-6-15(12)21-16/h3-6,11,13-14,18H,7-10H2,1-2H3. The molecule has 0 spiro atoms. The molecule has 112 valence electrons. The Morgan fingerprint density at radius 2 is 1.95 bits per heavy atom. The van der Waals surface area contributed by atoms with E-state index in [4.69, 9.17) is 0 Å². The van der Waals surface area contributed by atoms with Gasteiger partial charge in [0.05, 0.1) is 4.88 Å². The van der Waals surface area contributed by atoms with Crippen LogP contribution in [0.2, 0.25) is 0 Å². The molecule has 1 fully saturated rings. The Morgan fingerprint density at radius 1 is 1.24 bits per heavy atom. The summed E-state index contributed by atoms with van der Waals surface area (Å²) in [4.78, 5) is 15.5. The fourth-order valence-corrected chi connectivity index (χ4v) is 4.22. The van der Waals surface area contributed by atoms with E-state index in [1.54, 1.807) is 11.3 Å². The summed E-state index contributed by atoms with van der Waals surface area (Å²) in [5, 5.41) is 4.51. The van der Waals surface area contributed by atoms with Gasteiger partial charge in [0.1, 0.15) is 0 Å². The topological polar surface area (TPSA) is 32.3 Å². The minimum absolute atomic E-state index is 0.170. The molecule has 1 aromatic carbocycles. The van der Waals surface area contributed by atoms with Crippen molar-refractivity contribution in [2.75, 3.05) is 14.1 Å². The van der Waals surface area contributed by atoms with E-state index in [-0.39, 0.29) is 5.91 Å². The molecule has 1 aliphatic rings. The van der Waals surface area contributed by atoms with Crippen molar-refractivity contribution < 1.29 is 4.79 Å². The highest BCUT2D eigenvalue weighted by Gasteiger charge is 2.27. The molecular formula is C17H22N2OS. The number of carbonyl (C=O) groups is 1. The van der Waals surface area contributed by atoms with Crippen molar-refractivity contribution in [3.8, 4) is 0 Å². The third kappa shape index (κ3) is 2.97. The third-order valence-electron chi connectivity index (χ3n) is 4.61. The summed E-state index contributed by atoms with van der Waals surface area (Å²) < 4.78 is 1.19. The molecule has 0 bridgehead atoms. The first-order valence-corrected chi connectivity index (χ1v) is 8.43. The maximum atomic E-state index is 12.7. The van der Waals surface area contributed by atoms with Crippen LogP contribution in [-0.2, 0) is 0 Å². The van der Waals surface area contributed by atoms with Crippen LogP contribution in [0.4, 0.5) is 0 Å². The van der Waals surface area contributed by atoms with Crippen LogP contribution < -0.4 is 5.32 Å². The Hall–Kier alpha value is -1.39. The van der Waals surface area contributed by atoms with E-state index < -0.39 is 0 Å². The van der Waals surface area contributed by atoms with Crippen molar-refractivity contribution in [3.63, 3.8) is 0 Å². The van der Waals surface area contributed by atoms with E-state index in [1.165, 1.54) is 4.70 Å². The maximum Gasteiger partial charge on any atom is 0.263 e. The zero-order valence-corrected chi connectivity index (χ0v) is 13.5. The summed E-state index contributed by atoms with van der Waals surface area (Å²) in [5.41, 5.74) is 0. The van der Waals surface area contributed by atoms with E-state index in [0.29, 0.717) is 12.1 Å². The van der Waals surface area contributed by atoms with Gasteiger partial charge in [-0.3, -0.25) is 4.79 Å². The molecule has 3 nitrogen and oxygen atoms in total. The van der Waals surface area contributed by atoms with Crippen LogP contribution >= 0.6 is 11.3 Å². The van der Waals surface area contributed by atoms with Gasteiger partial charge in [0.15, 0.2) is 0 Å². The van der Waals surface area contributed by atoms with Gasteiger partial charge in [-0.25, -0.2) is 0 Å². The lowest BCUT2D eigenvalue weighted by atomic mass is 9.90. The fraction of sp³-hybridized carbons (Fsp3) is 0.471. The van der Waals surface area contributed by atoms with Crippen molar-refractivity contribution in [1.29, 1.82) is 0 Å². The van der Waals surface area contributed by atoms with E-state index in [9.17, 15) is 4.79 Å². The Kier molecular flexibility index (Phi) is 4.27. The molecule has 1 aromatic heterocycles. The van der Waals surface area contributed by atoms with Crippen molar-refractivity contribution in [1.82, 2.24) is 10.2 Å². The molecule has 0 unspecified atom stereocenters. The molecule has 1 N–H and O–H groups in total. The highest BCUT2D eigenvalue weighted by atomic mass is 32.1. The maximum absolute atomic E-state index is 12.7. The van der Waals surface area contributed by atoms with Gasteiger partial charge >= 0.3 is 0 Å². The van der Waals surface area contributed by atoms with Crippen LogP contribution in [0.3, 0.4) is 0 Å². The third-order valence-corrected chi connectivity index (χ3v) is 5.71. The highest BCUT2D eigenvalue weighted by molar-refractivity contribution is 7.20. The zero-order chi connectivity index (χ0) is 14.8. The second-order valence-electron chi connectivity index (χ2n) is 5.86. The van der Waals surface area contributed by atoms with E-state index in [2.05, 4.69) is 17.4 Å². The van der Waals surface area contributed by atoms with Crippen LogP contribution in [-0.4, -0.2) is 37.0 Å². The van der Waals surface area contributed by atoms with E-state index in [1.807, 2.05) is 37.2 Å². The summed E-state index contributed by atoms with van der Waals surface area (Å²) >= 11 is 1.60. The molecule has 1 amide bonds. The number of nitrogens with zero attached hydrogens (tertiary/aromatic N) is 1. The number of rotatable bonds is 3. The lowest BCUT2D eigenvalue weighted by Crippen LogP contribution is -2.42. The number of hydrogen-bond donors (Lipinski definition) is 1. The van der Waals surface area contributed by atoms with Gasteiger partial charge in [-0.2, -0.15) is 0 Å². The van der Waals surface area contributed by atoms with E-state index >= 15 is 0 Å². The summed E-state index contributed by atoms with van der Waals surface area (Å²) in [5.74, 6) is 0.170. The summed E-state index contributed by atoms with van der Waals surface area (Å²) in [6, 6.07) is 11.2. The monoisotopic (exact) mass is 302 g/mol. The first kappa shape index (κ1) is 14.5. The van der Waals surface area contributed by atoms with E-state index in [0.717, 1.165) is 35.9 Å². The quantitative estimate of drug-likeness (QED) is 0.941. The van der Waals surface area contributed by atoms with Gasteiger partial charge in [-0.05, 0) is 50.2 Å². The highest BCUT2D eigenvalue weighted by Crippen LogP contribution is 2.28.